The normalized spacial score (nSPS) is 30.9. The van der Waals surface area contributed by atoms with E-state index < -0.39 is 0 Å². The van der Waals surface area contributed by atoms with Crippen LogP contribution in [-0.2, 0) is 9.53 Å². The van der Waals surface area contributed by atoms with Crippen LogP contribution in [0.2, 0.25) is 0 Å². The number of amides is 1. The van der Waals surface area contributed by atoms with Crippen molar-refractivity contribution < 1.29 is 9.53 Å². The minimum atomic E-state index is 0.198. The predicted molar refractivity (Wildman–Crippen MR) is 70.5 cm³/mol. The highest BCUT2D eigenvalue weighted by atomic mass is 16.5. The topological polar surface area (TPSA) is 44.8 Å². The number of piperidine rings is 1. The number of likely N-dealkylation sites (N-methyl/N-ethyl adjacent to an activating group) is 1. The third kappa shape index (κ3) is 3.22. The lowest BCUT2D eigenvalue weighted by Crippen LogP contribution is -2.50. The fourth-order valence-corrected chi connectivity index (χ4v) is 3.02. The van der Waals surface area contributed by atoms with Crippen molar-refractivity contribution in [2.24, 2.45) is 0 Å². The molecule has 2 rings (SSSR count). The molecule has 2 aliphatic rings. The van der Waals surface area contributed by atoms with E-state index in [1.54, 1.807) is 14.0 Å². The number of rotatable bonds is 3. The van der Waals surface area contributed by atoms with Gasteiger partial charge in [0, 0.05) is 52.3 Å². The number of nitrogens with one attached hydrogen (secondary N) is 1. The van der Waals surface area contributed by atoms with Crippen molar-refractivity contribution in [3.8, 4) is 0 Å². The molecule has 0 aromatic carbocycles. The second-order valence-corrected chi connectivity index (χ2v) is 5.55. The van der Waals surface area contributed by atoms with Crippen LogP contribution >= 0.6 is 0 Å². The molecule has 0 saturated carbocycles. The molecule has 5 nitrogen and oxygen atoms in total. The summed E-state index contributed by atoms with van der Waals surface area (Å²) >= 11 is 0. The van der Waals surface area contributed by atoms with Crippen molar-refractivity contribution in [1.29, 1.82) is 0 Å². The summed E-state index contributed by atoms with van der Waals surface area (Å²) < 4.78 is 5.53. The van der Waals surface area contributed by atoms with Gasteiger partial charge >= 0.3 is 0 Å². The molecular formula is C13H25N3O2. The Hall–Kier alpha value is -0.650. The van der Waals surface area contributed by atoms with Crippen molar-refractivity contribution in [2.45, 2.75) is 38.0 Å². The Morgan fingerprint density at radius 1 is 1.28 bits per heavy atom. The SMILES string of the molecule is CO[C@H]1CN(C)C[C@@H]1NC1CCN(C(C)=O)CC1. The maximum absolute atomic E-state index is 11.3. The van der Waals surface area contributed by atoms with Crippen LogP contribution in [0, 0.1) is 0 Å². The number of carbonyl (C=O) groups is 1. The van der Waals surface area contributed by atoms with Crippen LogP contribution in [0.15, 0.2) is 0 Å². The highest BCUT2D eigenvalue weighted by molar-refractivity contribution is 5.73. The van der Waals surface area contributed by atoms with Crippen molar-refractivity contribution in [3.05, 3.63) is 0 Å². The quantitative estimate of drug-likeness (QED) is 0.766. The van der Waals surface area contributed by atoms with Crippen LogP contribution in [0.1, 0.15) is 19.8 Å². The number of hydrogen-bond donors (Lipinski definition) is 1. The number of carbonyl (C=O) groups excluding carboxylic acids is 1. The Morgan fingerprint density at radius 2 is 1.94 bits per heavy atom. The molecule has 0 aromatic heterocycles. The van der Waals surface area contributed by atoms with E-state index in [0.717, 1.165) is 39.0 Å². The standard InChI is InChI=1S/C13H25N3O2/c1-10(17)16-6-4-11(5-7-16)14-12-8-15(2)9-13(12)18-3/h11-14H,4-9H2,1-3H3/t12-,13-/m0/s1. The summed E-state index contributed by atoms with van der Waals surface area (Å²) in [7, 11) is 3.92. The average molecular weight is 255 g/mol. The minimum absolute atomic E-state index is 0.198. The molecule has 2 fully saturated rings. The van der Waals surface area contributed by atoms with E-state index in [2.05, 4.69) is 17.3 Å². The van der Waals surface area contributed by atoms with E-state index in [1.807, 2.05) is 4.90 Å². The molecule has 0 aliphatic carbocycles. The average Bonchev–Trinajstić information content (AvgIpc) is 2.70. The zero-order valence-corrected chi connectivity index (χ0v) is 11.7. The van der Waals surface area contributed by atoms with Gasteiger partial charge in [0.05, 0.1) is 6.10 Å². The fourth-order valence-electron chi connectivity index (χ4n) is 3.02. The smallest absolute Gasteiger partial charge is 0.219 e. The number of ether oxygens (including phenoxy) is 1. The summed E-state index contributed by atoms with van der Waals surface area (Å²) in [4.78, 5) is 15.5. The molecule has 2 aliphatic heterocycles. The van der Waals surface area contributed by atoms with E-state index in [0.29, 0.717) is 18.2 Å². The van der Waals surface area contributed by atoms with Gasteiger partial charge in [-0.2, -0.15) is 0 Å². The number of methoxy groups -OCH3 is 1. The van der Waals surface area contributed by atoms with Gasteiger partial charge in [-0.05, 0) is 19.9 Å². The minimum Gasteiger partial charge on any atom is -0.378 e. The molecule has 2 heterocycles. The Bertz CT molecular complexity index is 290. The molecule has 5 heteroatoms. The Labute approximate surface area is 109 Å². The van der Waals surface area contributed by atoms with Crippen LogP contribution in [0.25, 0.3) is 0 Å². The van der Waals surface area contributed by atoms with Gasteiger partial charge in [-0.1, -0.05) is 0 Å². The highest BCUT2D eigenvalue weighted by Crippen LogP contribution is 2.16. The summed E-state index contributed by atoms with van der Waals surface area (Å²) in [6.45, 7) is 5.47. The zero-order valence-electron chi connectivity index (χ0n) is 11.7. The molecule has 18 heavy (non-hydrogen) atoms. The molecule has 2 atom stereocenters. The molecule has 104 valence electrons. The molecule has 0 unspecified atom stereocenters. The van der Waals surface area contributed by atoms with Crippen LogP contribution in [-0.4, -0.2) is 74.2 Å². The fraction of sp³-hybridized carbons (Fsp3) is 0.923. The lowest BCUT2D eigenvalue weighted by Gasteiger charge is -2.34. The summed E-state index contributed by atoms with van der Waals surface area (Å²) in [6, 6.07) is 0.948. The molecule has 1 amide bonds. The maximum Gasteiger partial charge on any atom is 0.219 e. The zero-order chi connectivity index (χ0) is 13.1. The lowest BCUT2D eigenvalue weighted by molar-refractivity contribution is -0.129. The van der Waals surface area contributed by atoms with Crippen molar-refractivity contribution in [3.63, 3.8) is 0 Å². The lowest BCUT2D eigenvalue weighted by atomic mass is 10.0. The molecule has 2 saturated heterocycles. The Kier molecular flexibility index (Phi) is 4.59. The number of hydrogen-bond acceptors (Lipinski definition) is 4. The van der Waals surface area contributed by atoms with Crippen molar-refractivity contribution in [1.82, 2.24) is 15.1 Å². The first-order valence-electron chi connectivity index (χ1n) is 6.83. The summed E-state index contributed by atoms with van der Waals surface area (Å²) in [5.74, 6) is 0.198. The third-order valence-corrected chi connectivity index (χ3v) is 4.14. The van der Waals surface area contributed by atoms with Crippen LogP contribution in [0.5, 0.6) is 0 Å². The maximum atomic E-state index is 11.3. The Balaban J connectivity index is 1.79. The van der Waals surface area contributed by atoms with E-state index in [-0.39, 0.29) is 5.91 Å². The molecule has 0 bridgehead atoms. The van der Waals surface area contributed by atoms with Gasteiger partial charge in [-0.15, -0.1) is 0 Å². The molecule has 1 N–H and O–H groups in total. The Morgan fingerprint density at radius 3 is 2.50 bits per heavy atom. The van der Waals surface area contributed by atoms with Gasteiger partial charge in [-0.3, -0.25) is 4.79 Å². The van der Waals surface area contributed by atoms with Crippen LogP contribution in [0.3, 0.4) is 0 Å². The first-order valence-corrected chi connectivity index (χ1v) is 6.83. The molecule has 0 radical (unpaired) electrons. The number of likely N-dealkylation sites (tertiary alicyclic amines) is 2. The van der Waals surface area contributed by atoms with Gasteiger partial charge < -0.3 is 19.9 Å². The predicted octanol–water partition coefficient (Wildman–Crippen LogP) is -0.0841. The van der Waals surface area contributed by atoms with Crippen LogP contribution < -0.4 is 5.32 Å². The molecular weight excluding hydrogens is 230 g/mol. The summed E-state index contributed by atoms with van der Waals surface area (Å²) in [6.07, 6.45) is 2.40. The molecule has 0 spiro atoms. The second-order valence-electron chi connectivity index (χ2n) is 5.55. The van der Waals surface area contributed by atoms with Crippen molar-refractivity contribution in [2.75, 3.05) is 40.3 Å². The van der Waals surface area contributed by atoms with Gasteiger partial charge in [0.15, 0.2) is 0 Å². The van der Waals surface area contributed by atoms with Gasteiger partial charge in [0.1, 0.15) is 0 Å². The highest BCUT2D eigenvalue weighted by Gasteiger charge is 2.33. The van der Waals surface area contributed by atoms with Gasteiger partial charge in [0.2, 0.25) is 5.91 Å². The van der Waals surface area contributed by atoms with E-state index in [1.165, 1.54) is 0 Å². The van der Waals surface area contributed by atoms with E-state index in [4.69, 9.17) is 4.74 Å². The largest absolute Gasteiger partial charge is 0.378 e. The summed E-state index contributed by atoms with van der Waals surface area (Å²) in [5, 5.41) is 3.70. The third-order valence-electron chi connectivity index (χ3n) is 4.14. The van der Waals surface area contributed by atoms with E-state index in [9.17, 15) is 4.79 Å². The molecule has 0 aromatic rings. The van der Waals surface area contributed by atoms with Crippen LogP contribution in [0.4, 0.5) is 0 Å². The monoisotopic (exact) mass is 255 g/mol. The van der Waals surface area contributed by atoms with Crippen molar-refractivity contribution >= 4 is 5.91 Å². The van der Waals surface area contributed by atoms with E-state index >= 15 is 0 Å². The van der Waals surface area contributed by atoms with Gasteiger partial charge in [-0.25, -0.2) is 0 Å². The number of nitrogens with zero attached hydrogens (tertiary/aromatic N) is 2. The first-order chi connectivity index (χ1) is 8.60. The van der Waals surface area contributed by atoms with Gasteiger partial charge in [0.25, 0.3) is 0 Å². The first kappa shape index (κ1) is 13.8. The second kappa shape index (κ2) is 5.99. The summed E-state index contributed by atoms with van der Waals surface area (Å²) in [5.41, 5.74) is 0.